The quantitative estimate of drug-likeness (QED) is 0.844. The largest absolute Gasteiger partial charge is 0.479 e. The first kappa shape index (κ1) is 15.2. The van der Waals surface area contributed by atoms with E-state index in [9.17, 15) is 14.7 Å². The van der Waals surface area contributed by atoms with Crippen LogP contribution < -0.4 is 0 Å². The van der Waals surface area contributed by atoms with E-state index in [1.165, 1.54) is 11.0 Å². The highest BCUT2D eigenvalue weighted by molar-refractivity contribution is 5.96. The molecule has 1 N–H and O–H groups in total. The number of carbonyl (C=O) groups excluding carboxylic acids is 1. The summed E-state index contributed by atoms with van der Waals surface area (Å²) in [6.45, 7) is 2.44. The van der Waals surface area contributed by atoms with Gasteiger partial charge in [0.15, 0.2) is 0 Å². The zero-order valence-corrected chi connectivity index (χ0v) is 12.2. The second kappa shape index (κ2) is 6.52. The molecule has 1 fully saturated rings. The molecule has 2 heterocycles. The third-order valence-electron chi connectivity index (χ3n) is 3.92. The SMILES string of the molecule is CCCC1(C(=O)O)CCCN1C(=O)/C=C/c1cccnc1. The van der Waals surface area contributed by atoms with Crippen LogP contribution in [0, 0.1) is 0 Å². The van der Waals surface area contributed by atoms with Crippen LogP contribution in [-0.2, 0) is 9.59 Å². The molecule has 5 heteroatoms. The van der Waals surface area contributed by atoms with Gasteiger partial charge in [0.25, 0.3) is 0 Å². The van der Waals surface area contributed by atoms with Gasteiger partial charge < -0.3 is 10.0 Å². The topological polar surface area (TPSA) is 70.5 Å². The number of nitrogens with zero attached hydrogens (tertiary/aromatic N) is 2. The third kappa shape index (κ3) is 3.12. The Morgan fingerprint density at radius 2 is 2.33 bits per heavy atom. The zero-order chi connectivity index (χ0) is 15.3. The molecule has 0 saturated carbocycles. The Kier molecular flexibility index (Phi) is 4.73. The summed E-state index contributed by atoms with van der Waals surface area (Å²) in [7, 11) is 0. The molecule has 1 atom stereocenters. The van der Waals surface area contributed by atoms with E-state index >= 15 is 0 Å². The van der Waals surface area contributed by atoms with Crippen molar-refractivity contribution < 1.29 is 14.7 Å². The van der Waals surface area contributed by atoms with E-state index in [4.69, 9.17) is 0 Å². The van der Waals surface area contributed by atoms with Crippen molar-refractivity contribution in [3.63, 3.8) is 0 Å². The molecule has 1 aliphatic heterocycles. The molecule has 2 rings (SSSR count). The Morgan fingerprint density at radius 1 is 1.52 bits per heavy atom. The van der Waals surface area contributed by atoms with Crippen LogP contribution in [-0.4, -0.2) is 39.0 Å². The van der Waals surface area contributed by atoms with Gasteiger partial charge in [0.05, 0.1) is 0 Å². The fourth-order valence-electron chi connectivity index (χ4n) is 2.93. The molecule has 0 bridgehead atoms. The standard InChI is InChI=1S/C16H20N2O3/c1-2-8-16(15(20)21)9-4-11-18(16)14(19)7-6-13-5-3-10-17-12-13/h3,5-7,10,12H,2,4,8-9,11H2,1H3,(H,20,21)/b7-6+. The molecule has 21 heavy (non-hydrogen) atoms. The smallest absolute Gasteiger partial charge is 0.329 e. The van der Waals surface area contributed by atoms with Gasteiger partial charge in [0, 0.05) is 25.0 Å². The number of carboxylic acid groups (broad SMARTS) is 1. The number of carboxylic acids is 1. The molecule has 1 aliphatic rings. The van der Waals surface area contributed by atoms with Crippen molar-refractivity contribution in [3.05, 3.63) is 36.2 Å². The van der Waals surface area contributed by atoms with E-state index in [0.717, 1.165) is 18.4 Å². The fourth-order valence-corrected chi connectivity index (χ4v) is 2.93. The zero-order valence-electron chi connectivity index (χ0n) is 12.2. The molecule has 1 unspecified atom stereocenters. The van der Waals surface area contributed by atoms with Gasteiger partial charge in [-0.25, -0.2) is 4.79 Å². The molecular formula is C16H20N2O3. The van der Waals surface area contributed by atoms with Crippen LogP contribution in [0.4, 0.5) is 0 Å². The number of amides is 1. The summed E-state index contributed by atoms with van der Waals surface area (Å²) in [5.74, 6) is -1.14. The number of hydrogen-bond donors (Lipinski definition) is 1. The van der Waals surface area contributed by atoms with Crippen LogP contribution in [0.2, 0.25) is 0 Å². The minimum Gasteiger partial charge on any atom is -0.479 e. The summed E-state index contributed by atoms with van der Waals surface area (Å²) < 4.78 is 0. The first-order chi connectivity index (χ1) is 10.1. The van der Waals surface area contributed by atoms with Crippen molar-refractivity contribution in [2.45, 2.75) is 38.1 Å². The second-order valence-corrected chi connectivity index (χ2v) is 5.30. The number of pyridine rings is 1. The van der Waals surface area contributed by atoms with Gasteiger partial charge in [-0.2, -0.15) is 0 Å². The lowest BCUT2D eigenvalue weighted by Crippen LogP contribution is -2.52. The van der Waals surface area contributed by atoms with Crippen molar-refractivity contribution in [1.29, 1.82) is 0 Å². The van der Waals surface area contributed by atoms with Crippen molar-refractivity contribution in [2.75, 3.05) is 6.54 Å². The van der Waals surface area contributed by atoms with Gasteiger partial charge in [-0.15, -0.1) is 0 Å². The van der Waals surface area contributed by atoms with Crippen molar-refractivity contribution in [1.82, 2.24) is 9.88 Å². The Balaban J connectivity index is 2.17. The first-order valence-corrected chi connectivity index (χ1v) is 7.23. The van der Waals surface area contributed by atoms with Gasteiger partial charge in [0.2, 0.25) is 5.91 Å². The number of rotatable bonds is 5. The van der Waals surface area contributed by atoms with Gasteiger partial charge in [-0.05, 0) is 37.0 Å². The highest BCUT2D eigenvalue weighted by Gasteiger charge is 2.48. The highest BCUT2D eigenvalue weighted by atomic mass is 16.4. The summed E-state index contributed by atoms with van der Waals surface area (Å²) in [5.41, 5.74) is -0.216. The Labute approximate surface area is 124 Å². The highest BCUT2D eigenvalue weighted by Crippen LogP contribution is 2.34. The molecule has 0 aromatic carbocycles. The summed E-state index contributed by atoms with van der Waals surface area (Å²) >= 11 is 0. The Morgan fingerprint density at radius 3 is 2.95 bits per heavy atom. The van der Waals surface area contributed by atoms with Crippen molar-refractivity contribution in [3.8, 4) is 0 Å². The predicted octanol–water partition coefficient (Wildman–Crippen LogP) is 2.34. The molecule has 1 amide bonds. The Hall–Kier alpha value is -2.17. The minimum atomic E-state index is -1.04. The molecule has 0 radical (unpaired) electrons. The number of aromatic nitrogens is 1. The average molecular weight is 288 g/mol. The molecular weight excluding hydrogens is 268 g/mol. The van der Waals surface area contributed by atoms with E-state index in [1.807, 2.05) is 13.0 Å². The molecule has 1 aromatic heterocycles. The molecule has 0 spiro atoms. The number of likely N-dealkylation sites (tertiary alicyclic amines) is 1. The third-order valence-corrected chi connectivity index (χ3v) is 3.92. The van der Waals surface area contributed by atoms with Crippen LogP contribution in [0.25, 0.3) is 6.08 Å². The van der Waals surface area contributed by atoms with E-state index in [0.29, 0.717) is 19.4 Å². The minimum absolute atomic E-state index is 0.243. The number of aliphatic carboxylic acids is 1. The summed E-state index contributed by atoms with van der Waals surface area (Å²) in [4.78, 5) is 29.5. The van der Waals surface area contributed by atoms with Crippen LogP contribution in [0.3, 0.4) is 0 Å². The average Bonchev–Trinajstić information content (AvgIpc) is 2.91. The first-order valence-electron chi connectivity index (χ1n) is 7.23. The normalized spacial score (nSPS) is 21.9. The lowest BCUT2D eigenvalue weighted by atomic mass is 9.90. The van der Waals surface area contributed by atoms with E-state index < -0.39 is 11.5 Å². The molecule has 0 aliphatic carbocycles. The van der Waals surface area contributed by atoms with Crippen LogP contribution in [0.1, 0.15) is 38.2 Å². The lowest BCUT2D eigenvalue weighted by molar-refractivity contribution is -0.155. The van der Waals surface area contributed by atoms with Crippen LogP contribution in [0.5, 0.6) is 0 Å². The van der Waals surface area contributed by atoms with E-state index in [-0.39, 0.29) is 5.91 Å². The van der Waals surface area contributed by atoms with Crippen LogP contribution >= 0.6 is 0 Å². The number of carbonyl (C=O) groups is 2. The Bertz CT molecular complexity index is 542. The number of hydrogen-bond acceptors (Lipinski definition) is 3. The maximum atomic E-state index is 12.4. The van der Waals surface area contributed by atoms with E-state index in [1.54, 1.807) is 24.5 Å². The fraction of sp³-hybridized carbons (Fsp3) is 0.438. The van der Waals surface area contributed by atoms with Crippen molar-refractivity contribution in [2.24, 2.45) is 0 Å². The van der Waals surface area contributed by atoms with Crippen molar-refractivity contribution >= 4 is 18.0 Å². The summed E-state index contributed by atoms with van der Waals surface area (Å²) in [6.07, 6.45) is 8.93. The monoisotopic (exact) mass is 288 g/mol. The second-order valence-electron chi connectivity index (χ2n) is 5.30. The van der Waals surface area contributed by atoms with Gasteiger partial charge >= 0.3 is 5.97 Å². The predicted molar refractivity (Wildman–Crippen MR) is 79.5 cm³/mol. The maximum Gasteiger partial charge on any atom is 0.329 e. The summed E-state index contributed by atoms with van der Waals surface area (Å²) in [5, 5.41) is 9.57. The van der Waals surface area contributed by atoms with Gasteiger partial charge in [0.1, 0.15) is 5.54 Å². The molecule has 5 nitrogen and oxygen atoms in total. The van der Waals surface area contributed by atoms with Gasteiger partial charge in [-0.1, -0.05) is 19.4 Å². The lowest BCUT2D eigenvalue weighted by Gasteiger charge is -2.34. The molecule has 1 saturated heterocycles. The molecule has 112 valence electrons. The van der Waals surface area contributed by atoms with Gasteiger partial charge in [-0.3, -0.25) is 9.78 Å². The van der Waals surface area contributed by atoms with E-state index in [2.05, 4.69) is 4.98 Å². The summed E-state index contributed by atoms with van der Waals surface area (Å²) in [6, 6.07) is 3.63. The molecule has 1 aromatic rings. The maximum absolute atomic E-state index is 12.4. The van der Waals surface area contributed by atoms with Crippen LogP contribution in [0.15, 0.2) is 30.6 Å².